The van der Waals surface area contributed by atoms with Crippen molar-refractivity contribution in [3.05, 3.63) is 103 Å². The smallest absolute Gasteiger partial charge is 0.156 e. The Morgan fingerprint density at radius 1 is 0.479 bits per heavy atom. The van der Waals surface area contributed by atoms with Gasteiger partial charge in [-0.05, 0) is 140 Å². The minimum Gasteiger partial charge on any atom is -0.382 e. The van der Waals surface area contributed by atoms with E-state index >= 15 is 0 Å². The quantitative estimate of drug-likeness (QED) is 0.0987. The Hall–Kier alpha value is -6.89. The van der Waals surface area contributed by atoms with Crippen molar-refractivity contribution in [2.75, 3.05) is 86.3 Å². The summed E-state index contributed by atoms with van der Waals surface area (Å²) in [6.45, 7) is 13.6. The molecule has 4 fully saturated rings. The minimum absolute atomic E-state index is 0.485. The fourth-order valence-electron chi connectivity index (χ4n) is 9.79. The first-order valence-electron chi connectivity index (χ1n) is 25.3. The predicted octanol–water partition coefficient (Wildman–Crippen LogP) is 8.40. The summed E-state index contributed by atoms with van der Waals surface area (Å²) in [5.41, 5.74) is 15.2. The first-order chi connectivity index (χ1) is 34.9. The van der Waals surface area contributed by atoms with E-state index in [1.54, 1.807) is 12.3 Å². The third-order valence-corrected chi connectivity index (χ3v) is 13.8. The van der Waals surface area contributed by atoms with Crippen molar-refractivity contribution in [1.29, 1.82) is 0 Å². The fourth-order valence-corrected chi connectivity index (χ4v) is 9.94. The van der Waals surface area contributed by atoms with E-state index in [1.165, 1.54) is 77.5 Å². The lowest BCUT2D eigenvalue weighted by atomic mass is 10.1. The zero-order valence-electron chi connectivity index (χ0n) is 40.4. The third kappa shape index (κ3) is 12.9. The first kappa shape index (κ1) is 47.8. The molecule has 0 atom stereocenters. The van der Waals surface area contributed by atoms with Crippen LogP contribution in [0.3, 0.4) is 0 Å². The molecule has 0 saturated carbocycles. The highest BCUT2D eigenvalue weighted by Crippen LogP contribution is 2.27. The monoisotopic (exact) mass is 975 g/mol. The highest BCUT2D eigenvalue weighted by molar-refractivity contribution is 6.29. The van der Waals surface area contributed by atoms with E-state index in [2.05, 4.69) is 88.9 Å². The van der Waals surface area contributed by atoms with Gasteiger partial charge in [0.05, 0.1) is 58.2 Å². The highest BCUT2D eigenvalue weighted by atomic mass is 35.5. The molecular formula is C52H63ClN18. The van der Waals surface area contributed by atoms with Gasteiger partial charge in [0.25, 0.3) is 0 Å². The number of fused-ring (bicyclic) bond motifs is 2. The highest BCUT2D eigenvalue weighted by Gasteiger charge is 2.16. The molecule has 0 spiro atoms. The van der Waals surface area contributed by atoms with Crippen LogP contribution in [-0.4, -0.2) is 135 Å². The van der Waals surface area contributed by atoms with Crippen molar-refractivity contribution < 1.29 is 0 Å². The summed E-state index contributed by atoms with van der Waals surface area (Å²) in [5, 5.41) is 28.8. The second kappa shape index (κ2) is 23.3. The minimum atomic E-state index is 0.485. The van der Waals surface area contributed by atoms with Crippen molar-refractivity contribution in [2.45, 2.75) is 77.3 Å². The molecule has 8 aromatic heterocycles. The molecule has 71 heavy (non-hydrogen) atoms. The second-order valence-corrected chi connectivity index (χ2v) is 19.2. The Balaban J connectivity index is 0.000000139. The van der Waals surface area contributed by atoms with E-state index in [9.17, 15) is 0 Å². The van der Waals surface area contributed by atoms with Crippen LogP contribution in [0, 0.1) is 0 Å². The largest absolute Gasteiger partial charge is 0.382 e. The molecule has 368 valence electrons. The fraction of sp³-hybridized carbons (Fsp3) is 0.423. The predicted molar refractivity (Wildman–Crippen MR) is 282 cm³/mol. The summed E-state index contributed by atoms with van der Waals surface area (Å²) >= 11 is 5.97. The van der Waals surface area contributed by atoms with E-state index in [1.807, 2.05) is 76.7 Å². The first-order valence-corrected chi connectivity index (χ1v) is 25.7. The lowest BCUT2D eigenvalue weighted by Gasteiger charge is -2.17. The van der Waals surface area contributed by atoms with Crippen molar-refractivity contribution >= 4 is 62.5 Å². The molecule has 19 heteroatoms. The van der Waals surface area contributed by atoms with E-state index < -0.39 is 0 Å². The summed E-state index contributed by atoms with van der Waals surface area (Å²) in [6.07, 6.45) is 28.0. The maximum Gasteiger partial charge on any atom is 0.156 e. The number of halogens is 1. The molecule has 0 unspecified atom stereocenters. The van der Waals surface area contributed by atoms with Crippen LogP contribution in [0.5, 0.6) is 0 Å². The summed E-state index contributed by atoms with van der Waals surface area (Å²) in [7, 11) is 0. The SMILES string of the molecule is Clc1ccc2ncc(-c3cnn(CCCN4CCCC4)c3)cc2n1.Nc1cc(N2CCCC2)cnn1.c1nc2ccc(Nc3cc(N4CCCC4)cnn3)nc2cc1-c1cnn(CCCN2CCCC2)c1. The van der Waals surface area contributed by atoms with Crippen molar-refractivity contribution in [3.63, 3.8) is 0 Å². The summed E-state index contributed by atoms with van der Waals surface area (Å²) in [4.78, 5) is 27.9. The van der Waals surface area contributed by atoms with Gasteiger partial charge in [0.15, 0.2) is 5.82 Å². The number of hydrogen-bond donors (Lipinski definition) is 2. The van der Waals surface area contributed by atoms with Gasteiger partial charge in [0.1, 0.15) is 16.8 Å². The second-order valence-electron chi connectivity index (χ2n) is 18.8. The molecule has 0 aliphatic carbocycles. The average molecular weight is 976 g/mol. The number of aryl methyl sites for hydroxylation is 2. The molecule has 8 aromatic rings. The molecule has 4 aliphatic rings. The maximum atomic E-state index is 5.97. The molecule has 0 radical (unpaired) electrons. The Bertz CT molecular complexity index is 2970. The molecular weight excluding hydrogens is 912 g/mol. The molecule has 4 saturated heterocycles. The molecule has 0 amide bonds. The number of nitrogens with two attached hydrogens (primary N) is 1. The van der Waals surface area contributed by atoms with E-state index in [4.69, 9.17) is 22.3 Å². The summed E-state index contributed by atoms with van der Waals surface area (Å²) in [5.74, 6) is 1.92. The number of nitrogens with zero attached hydrogens (tertiary/aromatic N) is 16. The van der Waals surface area contributed by atoms with Crippen LogP contribution in [0.4, 0.5) is 28.8 Å². The number of anilines is 5. The van der Waals surface area contributed by atoms with Crippen LogP contribution in [0.1, 0.15) is 64.2 Å². The van der Waals surface area contributed by atoms with Crippen molar-refractivity contribution in [3.8, 4) is 22.3 Å². The van der Waals surface area contributed by atoms with Gasteiger partial charge in [0, 0.05) is 98.4 Å². The number of likely N-dealkylation sites (tertiary alicyclic amines) is 2. The molecule has 3 N–H and O–H groups in total. The standard InChI is InChI=1S/C26H31N9.C18H20ClN5.C8H12N4/c1-2-9-33(8-1)10-5-13-35-19-21(17-29-35)20-14-24-23(27-16-20)6-7-25(30-24)31-26-15-22(18-28-32-26)34-11-3-4-12-34;19-18-5-4-16-17(22-18)10-14(11-20-16)15-12-21-24(13-15)9-3-8-23-6-1-2-7-23;9-8-5-7(6-10-11-8)12-3-1-2-4-12/h6-7,14-19H,1-5,8-13H2,(H,30,31,32);4-5,10-13H,1-3,6-9H2;5-6H,1-4H2,(H2,9,11). The van der Waals surface area contributed by atoms with E-state index in [0.717, 1.165) is 127 Å². The Kier molecular flexibility index (Phi) is 15.7. The normalized spacial score (nSPS) is 16.1. The van der Waals surface area contributed by atoms with Crippen LogP contribution in [-0.2, 0) is 13.1 Å². The average Bonchev–Trinajstić information content (AvgIpc) is 4.26. The number of pyridine rings is 4. The van der Waals surface area contributed by atoms with Gasteiger partial charge >= 0.3 is 0 Å². The number of aromatic nitrogens is 12. The summed E-state index contributed by atoms with van der Waals surface area (Å²) in [6, 6.07) is 15.6. The zero-order chi connectivity index (χ0) is 48.2. The zero-order valence-corrected chi connectivity index (χ0v) is 41.2. The lowest BCUT2D eigenvalue weighted by Crippen LogP contribution is -2.21. The Labute approximate surface area is 419 Å². The summed E-state index contributed by atoms with van der Waals surface area (Å²) < 4.78 is 4.05. The molecule has 4 aliphatic heterocycles. The van der Waals surface area contributed by atoms with Crippen molar-refractivity contribution in [1.82, 2.24) is 69.7 Å². The third-order valence-electron chi connectivity index (χ3n) is 13.6. The molecule has 0 aromatic carbocycles. The van der Waals surface area contributed by atoms with Gasteiger partial charge in [-0.25, -0.2) is 9.97 Å². The van der Waals surface area contributed by atoms with Crippen LogP contribution in [0.2, 0.25) is 5.15 Å². The molecule has 0 bridgehead atoms. The van der Waals surface area contributed by atoms with E-state index in [0.29, 0.717) is 16.8 Å². The molecule has 12 rings (SSSR count). The lowest BCUT2D eigenvalue weighted by molar-refractivity contribution is 0.322. The van der Waals surface area contributed by atoms with Gasteiger partial charge < -0.3 is 30.7 Å². The Morgan fingerprint density at radius 2 is 0.986 bits per heavy atom. The number of rotatable bonds is 14. The molecule has 12 heterocycles. The van der Waals surface area contributed by atoms with Gasteiger partial charge in [-0.1, -0.05) is 11.6 Å². The van der Waals surface area contributed by atoms with Crippen LogP contribution >= 0.6 is 11.6 Å². The van der Waals surface area contributed by atoms with Crippen LogP contribution < -0.4 is 20.9 Å². The maximum absolute atomic E-state index is 5.97. The van der Waals surface area contributed by atoms with Crippen LogP contribution in [0.25, 0.3) is 44.3 Å². The number of nitrogens with one attached hydrogen (secondary N) is 1. The number of hydrogen-bond acceptors (Lipinski definition) is 16. The number of nitrogen functional groups attached to an aromatic ring is 1. The topological polar surface area (TPSA) is 190 Å². The molecule has 18 nitrogen and oxygen atoms in total. The van der Waals surface area contributed by atoms with Gasteiger partial charge in [-0.2, -0.15) is 20.4 Å². The van der Waals surface area contributed by atoms with Crippen molar-refractivity contribution in [2.24, 2.45) is 0 Å². The Morgan fingerprint density at radius 3 is 1.55 bits per heavy atom. The van der Waals surface area contributed by atoms with Gasteiger partial charge in [0.2, 0.25) is 0 Å². The van der Waals surface area contributed by atoms with Gasteiger partial charge in [-0.3, -0.25) is 19.3 Å². The van der Waals surface area contributed by atoms with E-state index in [-0.39, 0.29) is 0 Å². The van der Waals surface area contributed by atoms with Gasteiger partial charge in [-0.15, -0.1) is 10.2 Å². The van der Waals surface area contributed by atoms with Crippen LogP contribution in [0.15, 0.2) is 98.1 Å².